The summed E-state index contributed by atoms with van der Waals surface area (Å²) in [5.41, 5.74) is 0.638. The number of methoxy groups -OCH3 is 2. The molecule has 0 spiro atoms. The molecule has 0 saturated carbocycles. The van der Waals surface area contributed by atoms with Crippen LogP contribution in [0, 0.1) is 0 Å². The average Bonchev–Trinajstić information content (AvgIpc) is 2.53. The molecule has 0 aromatic heterocycles. The van der Waals surface area contributed by atoms with Gasteiger partial charge in [-0.05, 0) is 7.05 Å². The van der Waals surface area contributed by atoms with Crippen molar-refractivity contribution in [1.82, 2.24) is 9.80 Å². The molecule has 2 aliphatic rings. The number of piperazine rings is 1. The van der Waals surface area contributed by atoms with Gasteiger partial charge in [0, 0.05) is 44.6 Å². The van der Waals surface area contributed by atoms with E-state index in [0.29, 0.717) is 28.0 Å². The topological polar surface area (TPSA) is 66.7 Å². The molecule has 1 aromatic carbocycles. The maximum atomic E-state index is 13.0. The summed E-state index contributed by atoms with van der Waals surface area (Å²) in [5.74, 6) is 1.66. The van der Waals surface area contributed by atoms with Gasteiger partial charge in [-0.25, -0.2) is 9.20 Å². The van der Waals surface area contributed by atoms with Gasteiger partial charge in [0.1, 0.15) is 0 Å². The summed E-state index contributed by atoms with van der Waals surface area (Å²) in [6.07, 6.45) is 1.64. The maximum Gasteiger partial charge on any atom is 0.234 e. The Labute approximate surface area is 137 Å². The van der Waals surface area contributed by atoms with Crippen LogP contribution in [-0.2, 0) is 9.73 Å². The fourth-order valence-electron chi connectivity index (χ4n) is 2.71. The fraction of sp³-hybridized carbons (Fsp3) is 0.533. The average molecular weight is 338 g/mol. The van der Waals surface area contributed by atoms with Crippen LogP contribution in [0.15, 0.2) is 26.4 Å². The molecule has 23 heavy (non-hydrogen) atoms. The molecule has 0 bridgehead atoms. The first kappa shape index (κ1) is 16.1. The van der Waals surface area contributed by atoms with E-state index in [2.05, 4.69) is 26.2 Å². The van der Waals surface area contributed by atoms with Gasteiger partial charge in [0.25, 0.3) is 0 Å². The van der Waals surface area contributed by atoms with E-state index in [1.165, 1.54) is 0 Å². The first-order chi connectivity index (χ1) is 10.9. The molecule has 1 aromatic rings. The molecule has 2 heterocycles. The molecule has 1 atom stereocenters. The first-order valence-corrected chi connectivity index (χ1v) is 9.37. The van der Waals surface area contributed by atoms with Gasteiger partial charge in [0.15, 0.2) is 11.5 Å². The number of fused-ring (bicyclic) bond motifs is 1. The molecular weight excluding hydrogens is 316 g/mol. The van der Waals surface area contributed by atoms with E-state index in [0.717, 1.165) is 26.2 Å². The van der Waals surface area contributed by atoms with Gasteiger partial charge >= 0.3 is 0 Å². The van der Waals surface area contributed by atoms with Crippen molar-refractivity contribution in [3.63, 3.8) is 0 Å². The monoisotopic (exact) mass is 338 g/mol. The third-order valence-corrected chi connectivity index (χ3v) is 5.79. The van der Waals surface area contributed by atoms with Crippen LogP contribution in [-0.4, -0.2) is 73.7 Å². The molecule has 2 aliphatic heterocycles. The van der Waals surface area contributed by atoms with E-state index in [9.17, 15) is 4.21 Å². The number of aliphatic imine (C=N–C) groups is 1. The third-order valence-electron chi connectivity index (χ3n) is 4.14. The lowest BCUT2D eigenvalue weighted by molar-refractivity contribution is 0.214. The van der Waals surface area contributed by atoms with E-state index < -0.39 is 9.73 Å². The molecule has 3 rings (SSSR count). The van der Waals surface area contributed by atoms with E-state index >= 15 is 0 Å². The third kappa shape index (κ3) is 3.00. The molecule has 0 amide bonds. The molecule has 0 N–H and O–H groups in total. The van der Waals surface area contributed by atoms with Crippen molar-refractivity contribution < 1.29 is 13.7 Å². The van der Waals surface area contributed by atoms with Crippen LogP contribution in [0.5, 0.6) is 11.5 Å². The predicted molar refractivity (Wildman–Crippen MR) is 90.5 cm³/mol. The molecule has 1 saturated heterocycles. The zero-order valence-electron chi connectivity index (χ0n) is 13.9. The summed E-state index contributed by atoms with van der Waals surface area (Å²) in [5, 5.41) is 0. The first-order valence-electron chi connectivity index (χ1n) is 7.45. The Morgan fingerprint density at radius 3 is 2.30 bits per heavy atom. The van der Waals surface area contributed by atoms with E-state index in [1.54, 1.807) is 32.6 Å². The molecule has 1 fully saturated rings. The van der Waals surface area contributed by atoms with Crippen LogP contribution in [0.1, 0.15) is 0 Å². The van der Waals surface area contributed by atoms with Gasteiger partial charge in [-0.1, -0.05) is 0 Å². The summed E-state index contributed by atoms with van der Waals surface area (Å²) in [6, 6.07) is 3.48. The van der Waals surface area contributed by atoms with Crippen molar-refractivity contribution in [3.8, 4) is 11.5 Å². The Morgan fingerprint density at radius 1 is 1.09 bits per heavy atom. The lowest BCUT2D eigenvalue weighted by atomic mass is 10.2. The van der Waals surface area contributed by atoms with E-state index in [-0.39, 0.29) is 0 Å². The highest BCUT2D eigenvalue weighted by atomic mass is 32.2. The van der Waals surface area contributed by atoms with Crippen molar-refractivity contribution in [2.75, 3.05) is 53.7 Å². The van der Waals surface area contributed by atoms with Gasteiger partial charge in [-0.15, -0.1) is 0 Å². The molecule has 126 valence electrons. The molecular formula is C15H22N4O3S. The minimum atomic E-state index is -2.56. The summed E-state index contributed by atoms with van der Waals surface area (Å²) in [7, 11) is 2.66. The number of likely N-dealkylation sites (N-methyl/N-ethyl adjacent to an activating group) is 1. The maximum absolute atomic E-state index is 13.0. The quantitative estimate of drug-likeness (QED) is 0.816. The largest absolute Gasteiger partial charge is 0.493 e. The van der Waals surface area contributed by atoms with Gasteiger partial charge in [-0.3, -0.25) is 0 Å². The Hall–Kier alpha value is -1.80. The number of ether oxygens (including phenoxy) is 2. The van der Waals surface area contributed by atoms with Gasteiger partial charge in [0.2, 0.25) is 5.96 Å². The molecule has 7 nitrogen and oxygen atoms in total. The lowest BCUT2D eigenvalue weighted by Gasteiger charge is -2.34. The van der Waals surface area contributed by atoms with Crippen LogP contribution in [0.25, 0.3) is 0 Å². The highest BCUT2D eigenvalue weighted by molar-refractivity contribution is 7.93. The SMILES string of the molecule is COc1cc2c(cc1OC)S(C)(=O)=NC(N1CCN(C)CC1)=N2. The van der Waals surface area contributed by atoms with Crippen molar-refractivity contribution in [1.29, 1.82) is 0 Å². The molecule has 0 radical (unpaired) electrons. The van der Waals surface area contributed by atoms with Gasteiger partial charge in [-0.2, -0.15) is 4.36 Å². The number of nitrogens with zero attached hydrogens (tertiary/aromatic N) is 4. The van der Waals surface area contributed by atoms with Crippen LogP contribution < -0.4 is 9.47 Å². The van der Waals surface area contributed by atoms with Crippen molar-refractivity contribution in [3.05, 3.63) is 12.1 Å². The second-order valence-electron chi connectivity index (χ2n) is 5.77. The summed E-state index contributed by atoms with van der Waals surface area (Å²) < 4.78 is 28.1. The zero-order chi connectivity index (χ0) is 16.6. The second kappa shape index (κ2) is 6.01. The summed E-state index contributed by atoms with van der Waals surface area (Å²) in [4.78, 5) is 9.55. The standard InChI is InChI=1S/C15H22N4O3S/c1-18-5-7-19(8-6-18)15-16-11-9-12(21-2)13(22-3)10-14(11)23(4,20)17-15/h9-10H,5-8H2,1-4H3. The van der Waals surface area contributed by atoms with Crippen molar-refractivity contribution in [2.24, 2.45) is 9.36 Å². The Kier molecular flexibility index (Phi) is 4.20. The number of benzene rings is 1. The lowest BCUT2D eigenvalue weighted by Crippen LogP contribution is -2.47. The van der Waals surface area contributed by atoms with Gasteiger partial charge in [0.05, 0.1) is 34.5 Å². The number of hydrogen-bond acceptors (Lipinski definition) is 7. The Morgan fingerprint density at radius 2 is 1.70 bits per heavy atom. The second-order valence-corrected chi connectivity index (χ2v) is 8.00. The Balaban J connectivity index is 2.05. The number of guanidine groups is 1. The fourth-order valence-corrected chi connectivity index (χ4v) is 4.09. The van der Waals surface area contributed by atoms with E-state index in [4.69, 9.17) is 9.47 Å². The number of hydrogen-bond donors (Lipinski definition) is 0. The molecule has 0 aliphatic carbocycles. The van der Waals surface area contributed by atoms with Crippen molar-refractivity contribution in [2.45, 2.75) is 4.90 Å². The molecule has 8 heteroatoms. The minimum Gasteiger partial charge on any atom is -0.493 e. The zero-order valence-corrected chi connectivity index (χ0v) is 14.7. The molecule has 1 unspecified atom stereocenters. The smallest absolute Gasteiger partial charge is 0.234 e. The highest BCUT2D eigenvalue weighted by Crippen LogP contribution is 2.39. The van der Waals surface area contributed by atoms with E-state index in [1.807, 2.05) is 0 Å². The van der Waals surface area contributed by atoms with Crippen LogP contribution in [0.4, 0.5) is 5.69 Å². The summed E-state index contributed by atoms with van der Waals surface area (Å²) in [6.45, 7) is 3.55. The Bertz CT molecular complexity index is 760. The van der Waals surface area contributed by atoms with Crippen LogP contribution in [0.2, 0.25) is 0 Å². The minimum absolute atomic E-state index is 0.536. The predicted octanol–water partition coefficient (Wildman–Crippen LogP) is 1.41. The van der Waals surface area contributed by atoms with Crippen LogP contribution in [0.3, 0.4) is 0 Å². The normalized spacial score (nSPS) is 24.5. The van der Waals surface area contributed by atoms with Crippen molar-refractivity contribution >= 4 is 21.4 Å². The number of rotatable bonds is 2. The highest BCUT2D eigenvalue weighted by Gasteiger charge is 2.26. The van der Waals surface area contributed by atoms with Crippen LogP contribution >= 0.6 is 0 Å². The summed E-state index contributed by atoms with van der Waals surface area (Å²) >= 11 is 0. The van der Waals surface area contributed by atoms with Gasteiger partial charge < -0.3 is 19.3 Å².